The van der Waals surface area contributed by atoms with E-state index in [1.54, 1.807) is 23.1 Å². The number of ketones is 1. The minimum atomic E-state index is -0.0477. The van der Waals surface area contributed by atoms with Gasteiger partial charge in [-0.15, -0.1) is 0 Å². The van der Waals surface area contributed by atoms with Crippen molar-refractivity contribution in [3.05, 3.63) is 23.8 Å². The summed E-state index contributed by atoms with van der Waals surface area (Å²) in [6.07, 6.45) is 0.371. The summed E-state index contributed by atoms with van der Waals surface area (Å²) >= 11 is 0. The SMILES string of the molecule is CC(=O)N1CCC(=O)c2cc(N)ccc21. The Morgan fingerprint density at radius 3 is 2.87 bits per heavy atom. The molecule has 4 heteroatoms. The van der Waals surface area contributed by atoms with Crippen LogP contribution in [0.1, 0.15) is 23.7 Å². The Morgan fingerprint density at radius 2 is 2.20 bits per heavy atom. The summed E-state index contributed by atoms with van der Waals surface area (Å²) in [5.74, 6) is 0.00308. The minimum Gasteiger partial charge on any atom is -0.399 e. The van der Waals surface area contributed by atoms with Gasteiger partial charge in [0.15, 0.2) is 5.78 Å². The second kappa shape index (κ2) is 3.38. The molecule has 1 amide bonds. The van der Waals surface area contributed by atoms with E-state index >= 15 is 0 Å². The molecule has 0 saturated carbocycles. The zero-order valence-electron chi connectivity index (χ0n) is 8.49. The van der Waals surface area contributed by atoms with Crippen molar-refractivity contribution in [2.45, 2.75) is 13.3 Å². The monoisotopic (exact) mass is 204 g/mol. The van der Waals surface area contributed by atoms with E-state index in [-0.39, 0.29) is 11.7 Å². The lowest BCUT2D eigenvalue weighted by molar-refractivity contribution is -0.116. The van der Waals surface area contributed by atoms with Crippen LogP contribution in [0.4, 0.5) is 11.4 Å². The van der Waals surface area contributed by atoms with E-state index in [0.717, 1.165) is 0 Å². The van der Waals surface area contributed by atoms with Gasteiger partial charge in [0.1, 0.15) is 0 Å². The van der Waals surface area contributed by atoms with Gasteiger partial charge >= 0.3 is 0 Å². The van der Waals surface area contributed by atoms with Gasteiger partial charge in [-0.25, -0.2) is 0 Å². The van der Waals surface area contributed by atoms with E-state index in [0.29, 0.717) is 29.9 Å². The smallest absolute Gasteiger partial charge is 0.223 e. The molecule has 0 fully saturated rings. The molecule has 1 aromatic carbocycles. The van der Waals surface area contributed by atoms with Gasteiger partial charge < -0.3 is 10.6 Å². The lowest BCUT2D eigenvalue weighted by atomic mass is 10.00. The third-order valence-corrected chi connectivity index (χ3v) is 2.55. The van der Waals surface area contributed by atoms with Gasteiger partial charge in [-0.3, -0.25) is 9.59 Å². The maximum atomic E-state index is 11.6. The molecule has 4 nitrogen and oxygen atoms in total. The number of benzene rings is 1. The van der Waals surface area contributed by atoms with Gasteiger partial charge in [0.2, 0.25) is 5.91 Å². The highest BCUT2D eigenvalue weighted by Crippen LogP contribution is 2.28. The summed E-state index contributed by atoms with van der Waals surface area (Å²) in [6, 6.07) is 5.06. The maximum absolute atomic E-state index is 11.6. The fourth-order valence-corrected chi connectivity index (χ4v) is 1.81. The molecule has 0 spiro atoms. The molecule has 2 N–H and O–H groups in total. The second-order valence-corrected chi connectivity index (χ2v) is 3.62. The normalized spacial score (nSPS) is 15.0. The van der Waals surface area contributed by atoms with Gasteiger partial charge in [-0.2, -0.15) is 0 Å². The molecule has 1 aromatic rings. The second-order valence-electron chi connectivity index (χ2n) is 3.62. The van der Waals surface area contributed by atoms with Crippen molar-refractivity contribution in [3.8, 4) is 0 Å². The number of nitrogens with zero attached hydrogens (tertiary/aromatic N) is 1. The zero-order valence-corrected chi connectivity index (χ0v) is 8.49. The molecule has 1 aliphatic heterocycles. The van der Waals surface area contributed by atoms with Gasteiger partial charge in [-0.1, -0.05) is 0 Å². The van der Waals surface area contributed by atoms with Crippen LogP contribution in [-0.2, 0) is 4.79 Å². The van der Waals surface area contributed by atoms with Crippen LogP contribution in [0.2, 0.25) is 0 Å². The van der Waals surface area contributed by atoms with Crippen molar-refractivity contribution in [2.24, 2.45) is 0 Å². The number of rotatable bonds is 0. The molecule has 1 heterocycles. The molecule has 0 aliphatic carbocycles. The Labute approximate surface area is 87.7 Å². The van der Waals surface area contributed by atoms with E-state index in [1.165, 1.54) is 6.92 Å². The van der Waals surface area contributed by atoms with E-state index in [2.05, 4.69) is 0 Å². The summed E-state index contributed by atoms with van der Waals surface area (Å²) in [6.45, 7) is 1.96. The van der Waals surface area contributed by atoms with Crippen molar-refractivity contribution >= 4 is 23.1 Å². The fourth-order valence-electron chi connectivity index (χ4n) is 1.81. The highest BCUT2D eigenvalue weighted by Gasteiger charge is 2.25. The van der Waals surface area contributed by atoms with Crippen molar-refractivity contribution in [3.63, 3.8) is 0 Å². The molecular weight excluding hydrogens is 192 g/mol. The van der Waals surface area contributed by atoms with Crippen LogP contribution in [0, 0.1) is 0 Å². The molecule has 0 radical (unpaired) electrons. The quantitative estimate of drug-likeness (QED) is 0.646. The predicted octanol–water partition coefficient (Wildman–Crippen LogP) is 1.21. The third-order valence-electron chi connectivity index (χ3n) is 2.55. The largest absolute Gasteiger partial charge is 0.399 e. The van der Waals surface area contributed by atoms with Crippen LogP contribution < -0.4 is 10.6 Å². The number of Topliss-reactive ketones (excluding diaryl/α,β-unsaturated/α-hetero) is 1. The van der Waals surface area contributed by atoms with E-state index in [1.807, 2.05) is 0 Å². The maximum Gasteiger partial charge on any atom is 0.223 e. The Balaban J connectivity index is 2.55. The summed E-state index contributed by atoms with van der Waals surface area (Å²) in [5.41, 5.74) is 7.38. The molecule has 0 aromatic heterocycles. The number of nitrogen functional groups attached to an aromatic ring is 1. The average molecular weight is 204 g/mol. The molecule has 0 unspecified atom stereocenters. The summed E-state index contributed by atoms with van der Waals surface area (Å²) in [4.78, 5) is 24.6. The minimum absolute atomic E-state index is 0.0477. The number of carbonyl (C=O) groups is 2. The number of anilines is 2. The van der Waals surface area contributed by atoms with Gasteiger partial charge in [0.25, 0.3) is 0 Å². The molecular formula is C11H12N2O2. The van der Waals surface area contributed by atoms with Crippen LogP contribution in [0.25, 0.3) is 0 Å². The Kier molecular flexibility index (Phi) is 2.19. The van der Waals surface area contributed by atoms with Gasteiger partial charge in [0.05, 0.1) is 5.69 Å². The number of fused-ring (bicyclic) bond motifs is 1. The first kappa shape index (κ1) is 9.71. The fraction of sp³-hybridized carbons (Fsp3) is 0.273. The van der Waals surface area contributed by atoms with Crippen LogP contribution in [0.5, 0.6) is 0 Å². The van der Waals surface area contributed by atoms with Crippen LogP contribution >= 0.6 is 0 Å². The van der Waals surface area contributed by atoms with E-state index < -0.39 is 0 Å². The average Bonchev–Trinajstić information content (AvgIpc) is 2.19. The zero-order chi connectivity index (χ0) is 11.0. The summed E-state index contributed by atoms with van der Waals surface area (Å²) in [7, 11) is 0. The number of hydrogen-bond acceptors (Lipinski definition) is 3. The predicted molar refractivity (Wildman–Crippen MR) is 57.8 cm³/mol. The van der Waals surface area contributed by atoms with Crippen LogP contribution in [0.3, 0.4) is 0 Å². The van der Waals surface area contributed by atoms with Gasteiger partial charge in [0, 0.05) is 31.1 Å². The number of amides is 1. The lowest BCUT2D eigenvalue weighted by Crippen LogP contribution is -2.35. The molecule has 0 atom stereocenters. The molecule has 2 rings (SSSR count). The number of carbonyl (C=O) groups excluding carboxylic acids is 2. The molecule has 0 saturated heterocycles. The first-order valence-corrected chi connectivity index (χ1v) is 4.80. The topological polar surface area (TPSA) is 63.4 Å². The highest BCUT2D eigenvalue weighted by atomic mass is 16.2. The number of nitrogens with two attached hydrogens (primary N) is 1. The standard InChI is InChI=1S/C11H12N2O2/c1-7(14)13-5-4-11(15)9-6-8(12)2-3-10(9)13/h2-3,6H,4-5,12H2,1H3. The van der Waals surface area contributed by atoms with Gasteiger partial charge in [-0.05, 0) is 18.2 Å². The van der Waals surface area contributed by atoms with Crippen molar-refractivity contribution < 1.29 is 9.59 Å². The van der Waals surface area contributed by atoms with E-state index in [4.69, 9.17) is 5.73 Å². The van der Waals surface area contributed by atoms with Crippen LogP contribution in [-0.4, -0.2) is 18.2 Å². The molecule has 15 heavy (non-hydrogen) atoms. The number of hydrogen-bond donors (Lipinski definition) is 1. The molecule has 0 bridgehead atoms. The van der Waals surface area contributed by atoms with E-state index in [9.17, 15) is 9.59 Å². The Hall–Kier alpha value is -1.84. The van der Waals surface area contributed by atoms with Crippen molar-refractivity contribution in [1.82, 2.24) is 0 Å². The first-order valence-electron chi connectivity index (χ1n) is 4.80. The van der Waals surface area contributed by atoms with Crippen molar-refractivity contribution in [1.29, 1.82) is 0 Å². The highest BCUT2D eigenvalue weighted by molar-refractivity contribution is 6.08. The Bertz CT molecular complexity index is 440. The lowest BCUT2D eigenvalue weighted by Gasteiger charge is -2.27. The molecule has 1 aliphatic rings. The third kappa shape index (κ3) is 1.58. The van der Waals surface area contributed by atoms with Crippen molar-refractivity contribution in [2.75, 3.05) is 17.2 Å². The Morgan fingerprint density at radius 1 is 1.47 bits per heavy atom. The summed E-state index contributed by atoms with van der Waals surface area (Å²) in [5, 5.41) is 0. The summed E-state index contributed by atoms with van der Waals surface area (Å²) < 4.78 is 0. The molecule has 78 valence electrons. The van der Waals surface area contributed by atoms with Crippen LogP contribution in [0.15, 0.2) is 18.2 Å². The first-order chi connectivity index (χ1) is 7.09.